The number of carbonyl (C=O) groups is 2. The molecule has 0 bridgehead atoms. The van der Waals surface area contributed by atoms with E-state index in [1.165, 1.54) is 33.3 Å². The molecule has 1 aliphatic carbocycles. The molecule has 0 spiro atoms. The van der Waals surface area contributed by atoms with Crippen molar-refractivity contribution in [1.82, 2.24) is 9.88 Å². The van der Waals surface area contributed by atoms with Gasteiger partial charge < -0.3 is 5.32 Å². The Morgan fingerprint density at radius 2 is 1.90 bits per heavy atom. The highest BCUT2D eigenvalue weighted by atomic mass is 32.1. The van der Waals surface area contributed by atoms with Gasteiger partial charge in [-0.2, -0.15) is 0 Å². The van der Waals surface area contributed by atoms with Gasteiger partial charge in [-0.15, -0.1) is 22.7 Å². The lowest BCUT2D eigenvalue weighted by Gasteiger charge is -2.29. The average molecular weight is 461 g/mol. The first kappa shape index (κ1) is 23.7. The summed E-state index contributed by atoms with van der Waals surface area (Å²) in [5.41, 5.74) is -0.782. The molecular formula is C24H32N2O3S2. The summed E-state index contributed by atoms with van der Waals surface area (Å²) < 4.78 is 2.51. The molecule has 168 valence electrons. The van der Waals surface area contributed by atoms with Crippen LogP contribution >= 0.6 is 22.7 Å². The number of rotatable bonds is 5. The standard InChI is InChI=1S/C24H32N2O3S2/c1-15-8-6-7-9-18(15)25-21(28)14-26-22(13-20(27)24(3,4)5)31-19(23(26)29)12-17-11-10-16(2)30-17/h10-13,15,18H,6-9,14H2,1-5H3,(H,25,28)/b19-12-,22-13-. The quantitative estimate of drug-likeness (QED) is 0.745. The maximum Gasteiger partial charge on any atom is 0.269 e. The molecule has 1 fully saturated rings. The van der Waals surface area contributed by atoms with Crippen LogP contribution in [0.1, 0.15) is 63.1 Å². The molecule has 7 heteroatoms. The number of hydrogen-bond donors (Lipinski definition) is 1. The molecule has 0 aromatic carbocycles. The average Bonchev–Trinajstić information content (AvgIpc) is 3.21. The summed E-state index contributed by atoms with van der Waals surface area (Å²) in [5.74, 6) is 0.203. The summed E-state index contributed by atoms with van der Waals surface area (Å²) >= 11 is 2.88. The Hall–Kier alpha value is -1.99. The van der Waals surface area contributed by atoms with Crippen LogP contribution in [0.5, 0.6) is 0 Å². The summed E-state index contributed by atoms with van der Waals surface area (Å²) in [7, 11) is 0. The molecule has 0 saturated heterocycles. The third-order valence-corrected chi connectivity index (χ3v) is 7.73. The number of aromatic nitrogens is 1. The molecule has 5 nitrogen and oxygen atoms in total. The molecule has 2 heterocycles. The van der Waals surface area contributed by atoms with Crippen LogP contribution in [0.4, 0.5) is 0 Å². The zero-order valence-electron chi connectivity index (χ0n) is 19.0. The van der Waals surface area contributed by atoms with E-state index in [0.717, 1.165) is 24.1 Å². The number of thiophene rings is 1. The van der Waals surface area contributed by atoms with Gasteiger partial charge >= 0.3 is 0 Å². The zero-order chi connectivity index (χ0) is 22.8. The first-order valence-electron chi connectivity index (χ1n) is 10.9. The molecule has 2 aromatic rings. The Morgan fingerprint density at radius 3 is 2.52 bits per heavy atom. The number of nitrogens with zero attached hydrogens (tertiary/aromatic N) is 1. The summed E-state index contributed by atoms with van der Waals surface area (Å²) in [6, 6.07) is 4.14. The van der Waals surface area contributed by atoms with E-state index in [0.29, 0.717) is 15.1 Å². The lowest BCUT2D eigenvalue weighted by atomic mass is 9.86. The lowest BCUT2D eigenvalue weighted by Crippen LogP contribution is -2.45. The number of thiazole rings is 1. The van der Waals surface area contributed by atoms with E-state index in [4.69, 9.17) is 0 Å². The summed E-state index contributed by atoms with van der Waals surface area (Å²) in [5, 5.41) is 3.12. The number of carbonyl (C=O) groups excluding carboxylic acids is 2. The third kappa shape index (κ3) is 6.04. The van der Waals surface area contributed by atoms with Crippen molar-refractivity contribution in [2.24, 2.45) is 11.3 Å². The van der Waals surface area contributed by atoms with Gasteiger partial charge in [0.25, 0.3) is 5.56 Å². The van der Waals surface area contributed by atoms with E-state index in [1.807, 2.05) is 45.9 Å². The topological polar surface area (TPSA) is 68.2 Å². The van der Waals surface area contributed by atoms with Gasteiger partial charge in [0.2, 0.25) is 5.91 Å². The van der Waals surface area contributed by atoms with Crippen molar-refractivity contribution in [1.29, 1.82) is 0 Å². The highest BCUT2D eigenvalue weighted by Gasteiger charge is 2.24. The molecule has 2 atom stereocenters. The molecule has 1 N–H and O–H groups in total. The Kier molecular flexibility index (Phi) is 7.37. The van der Waals surface area contributed by atoms with Crippen LogP contribution in [0.2, 0.25) is 0 Å². The molecule has 2 unspecified atom stereocenters. The van der Waals surface area contributed by atoms with Crippen molar-refractivity contribution in [3.8, 4) is 0 Å². The molecule has 1 amide bonds. The highest BCUT2D eigenvalue weighted by Crippen LogP contribution is 2.23. The van der Waals surface area contributed by atoms with Crippen LogP contribution in [0.15, 0.2) is 16.9 Å². The van der Waals surface area contributed by atoms with Crippen molar-refractivity contribution in [2.45, 2.75) is 72.9 Å². The van der Waals surface area contributed by atoms with Crippen molar-refractivity contribution in [2.75, 3.05) is 0 Å². The first-order valence-corrected chi connectivity index (χ1v) is 12.5. The minimum atomic E-state index is -0.556. The zero-order valence-corrected chi connectivity index (χ0v) is 20.6. The normalized spacial score (nSPS) is 20.8. The van der Waals surface area contributed by atoms with Gasteiger partial charge in [-0.25, -0.2) is 0 Å². The largest absolute Gasteiger partial charge is 0.352 e. The molecular weight excluding hydrogens is 428 g/mol. The number of Topliss-reactive ketones (excluding diaryl/α,β-unsaturated/α-hetero) is 1. The second-order valence-electron chi connectivity index (χ2n) is 9.48. The number of ketones is 1. The van der Waals surface area contributed by atoms with Gasteiger partial charge in [0.15, 0.2) is 5.78 Å². The maximum absolute atomic E-state index is 13.2. The summed E-state index contributed by atoms with van der Waals surface area (Å²) in [6.07, 6.45) is 7.77. The van der Waals surface area contributed by atoms with E-state index in [1.54, 1.807) is 11.3 Å². The molecule has 31 heavy (non-hydrogen) atoms. The van der Waals surface area contributed by atoms with Crippen LogP contribution in [0, 0.1) is 18.3 Å². The van der Waals surface area contributed by atoms with Gasteiger partial charge in [0, 0.05) is 27.3 Å². The van der Waals surface area contributed by atoms with Gasteiger partial charge in [0.1, 0.15) is 11.2 Å². The molecule has 3 rings (SSSR count). The number of amides is 1. The molecule has 1 aliphatic rings. The third-order valence-electron chi connectivity index (χ3n) is 5.72. The van der Waals surface area contributed by atoms with Crippen LogP contribution < -0.4 is 20.1 Å². The second-order valence-corrected chi connectivity index (χ2v) is 11.9. The highest BCUT2D eigenvalue weighted by molar-refractivity contribution is 7.13. The summed E-state index contributed by atoms with van der Waals surface area (Å²) in [4.78, 5) is 40.8. The van der Waals surface area contributed by atoms with Crippen molar-refractivity contribution in [3.63, 3.8) is 0 Å². The minimum Gasteiger partial charge on any atom is -0.352 e. The van der Waals surface area contributed by atoms with E-state index < -0.39 is 5.41 Å². The monoisotopic (exact) mass is 460 g/mol. The molecule has 0 aliphatic heterocycles. The van der Waals surface area contributed by atoms with Gasteiger partial charge in [-0.3, -0.25) is 19.0 Å². The Labute approximate surface area is 191 Å². The number of aryl methyl sites for hydroxylation is 1. The van der Waals surface area contributed by atoms with Gasteiger partial charge in [-0.1, -0.05) is 40.5 Å². The molecule has 2 aromatic heterocycles. The number of nitrogens with one attached hydrogen (secondary N) is 1. The smallest absolute Gasteiger partial charge is 0.269 e. The van der Waals surface area contributed by atoms with E-state index >= 15 is 0 Å². The Balaban J connectivity index is 1.97. The van der Waals surface area contributed by atoms with Crippen molar-refractivity contribution >= 4 is 46.5 Å². The Bertz CT molecular complexity index is 1130. The van der Waals surface area contributed by atoms with Crippen LogP contribution in [-0.4, -0.2) is 22.3 Å². The van der Waals surface area contributed by atoms with Crippen LogP contribution in [0.3, 0.4) is 0 Å². The number of hydrogen-bond acceptors (Lipinski definition) is 5. The van der Waals surface area contributed by atoms with E-state index in [9.17, 15) is 14.4 Å². The summed E-state index contributed by atoms with van der Waals surface area (Å²) in [6.45, 7) is 9.66. The fourth-order valence-electron chi connectivity index (χ4n) is 3.71. The first-order chi connectivity index (χ1) is 14.5. The van der Waals surface area contributed by atoms with E-state index in [-0.39, 0.29) is 29.8 Å². The van der Waals surface area contributed by atoms with E-state index in [2.05, 4.69) is 12.2 Å². The SMILES string of the molecule is Cc1ccc(/C=c2\s/c(=C\C(=O)C(C)(C)C)n(CC(=O)NC3CCCCC3C)c2=O)s1. The fourth-order valence-corrected chi connectivity index (χ4v) is 5.64. The van der Waals surface area contributed by atoms with Gasteiger partial charge in [0.05, 0.1) is 4.53 Å². The fraction of sp³-hybridized carbons (Fsp3) is 0.542. The molecule has 0 radical (unpaired) electrons. The van der Waals surface area contributed by atoms with Gasteiger partial charge in [-0.05, 0) is 43.9 Å². The lowest BCUT2D eigenvalue weighted by molar-refractivity contribution is -0.123. The molecule has 1 saturated carbocycles. The van der Waals surface area contributed by atoms with Crippen molar-refractivity contribution < 1.29 is 9.59 Å². The minimum absolute atomic E-state index is 0.0673. The predicted molar refractivity (Wildman–Crippen MR) is 129 cm³/mol. The van der Waals surface area contributed by atoms with Crippen LogP contribution in [-0.2, 0) is 16.1 Å². The second kappa shape index (κ2) is 9.65. The predicted octanol–water partition coefficient (Wildman–Crippen LogP) is 3.20. The van der Waals surface area contributed by atoms with Crippen LogP contribution in [0.25, 0.3) is 12.2 Å². The maximum atomic E-state index is 13.2. The van der Waals surface area contributed by atoms with Crippen molar-refractivity contribution in [3.05, 3.63) is 41.4 Å². The Morgan fingerprint density at radius 1 is 1.19 bits per heavy atom.